The molecule has 5 nitrogen and oxygen atoms in total. The highest BCUT2D eigenvalue weighted by Gasteiger charge is 2.12. The topological polar surface area (TPSA) is 67.4 Å². The lowest BCUT2D eigenvalue weighted by Crippen LogP contribution is -2.43. The van der Waals surface area contributed by atoms with E-state index in [0.29, 0.717) is 10.8 Å². The summed E-state index contributed by atoms with van der Waals surface area (Å²) in [4.78, 5) is 23.9. The van der Waals surface area contributed by atoms with E-state index in [1.807, 2.05) is 30.3 Å². The Hall–Kier alpha value is -2.57. The van der Waals surface area contributed by atoms with Gasteiger partial charge < -0.3 is 4.74 Å². The highest BCUT2D eigenvalue weighted by atomic mass is 79.9. The van der Waals surface area contributed by atoms with E-state index < -0.39 is 11.8 Å². The van der Waals surface area contributed by atoms with Gasteiger partial charge in [-0.2, -0.15) is 0 Å². The number of hydrazine groups is 1. The first-order chi connectivity index (χ1) is 12.6. The van der Waals surface area contributed by atoms with Crippen LogP contribution in [0.1, 0.15) is 10.4 Å². The number of amides is 2. The van der Waals surface area contributed by atoms with Crippen LogP contribution in [0.3, 0.4) is 0 Å². The van der Waals surface area contributed by atoms with Gasteiger partial charge in [0.25, 0.3) is 11.8 Å². The summed E-state index contributed by atoms with van der Waals surface area (Å²) in [5, 5.41) is 2.34. The Balaban J connectivity index is 1.57. The van der Waals surface area contributed by atoms with Crippen molar-refractivity contribution in [2.45, 2.75) is 0 Å². The molecule has 0 heterocycles. The molecule has 7 heteroatoms. The van der Waals surface area contributed by atoms with Gasteiger partial charge in [-0.05, 0) is 44.9 Å². The third-order valence-electron chi connectivity index (χ3n) is 3.62. The van der Waals surface area contributed by atoms with Crippen molar-refractivity contribution in [2.24, 2.45) is 0 Å². The monoisotopic (exact) mass is 432 g/mol. The first-order valence-corrected chi connectivity index (χ1v) is 8.87. The molecule has 3 rings (SSSR count). The van der Waals surface area contributed by atoms with Crippen molar-refractivity contribution in [3.63, 3.8) is 0 Å². The molecule has 0 spiro atoms. The van der Waals surface area contributed by atoms with Crippen LogP contribution in [0.15, 0.2) is 65.1 Å². The number of ether oxygens (including phenoxy) is 1. The Bertz CT molecular complexity index is 978. The molecule has 0 saturated heterocycles. The quantitative estimate of drug-likeness (QED) is 0.609. The average molecular weight is 434 g/mol. The molecule has 3 aromatic carbocycles. The molecule has 0 bridgehead atoms. The Morgan fingerprint density at radius 1 is 0.962 bits per heavy atom. The Kier molecular flexibility index (Phi) is 5.75. The first kappa shape index (κ1) is 18.2. The second kappa shape index (κ2) is 8.21. The molecule has 132 valence electrons. The van der Waals surface area contributed by atoms with Gasteiger partial charge in [0.05, 0.1) is 15.1 Å². The standard InChI is InChI=1S/C19H14BrClN2O3/c20-18-13-6-2-1-5-12(13)9-10-16(18)26-11-17(24)22-23-19(25)14-7-3-4-8-15(14)21/h1-10H,11H2,(H,22,24)(H,23,25). The van der Waals surface area contributed by atoms with Crippen LogP contribution in [-0.4, -0.2) is 18.4 Å². The summed E-state index contributed by atoms with van der Waals surface area (Å²) in [6.07, 6.45) is 0. The number of halogens is 2. The third kappa shape index (κ3) is 4.15. The lowest BCUT2D eigenvalue weighted by molar-refractivity contribution is -0.123. The van der Waals surface area contributed by atoms with Crippen LogP contribution in [-0.2, 0) is 4.79 Å². The fourth-order valence-electron chi connectivity index (χ4n) is 2.34. The minimum atomic E-state index is -0.504. The highest BCUT2D eigenvalue weighted by molar-refractivity contribution is 9.10. The van der Waals surface area contributed by atoms with E-state index in [-0.39, 0.29) is 12.2 Å². The third-order valence-corrected chi connectivity index (χ3v) is 4.77. The van der Waals surface area contributed by atoms with Crippen molar-refractivity contribution in [1.29, 1.82) is 0 Å². The number of carbonyl (C=O) groups is 2. The summed E-state index contributed by atoms with van der Waals surface area (Å²) in [7, 11) is 0. The van der Waals surface area contributed by atoms with Crippen LogP contribution in [0, 0.1) is 0 Å². The zero-order valence-corrected chi connectivity index (χ0v) is 15.8. The number of fused-ring (bicyclic) bond motifs is 1. The van der Waals surface area contributed by atoms with Gasteiger partial charge in [-0.3, -0.25) is 20.4 Å². The molecule has 0 unspecified atom stereocenters. The number of benzene rings is 3. The lowest BCUT2D eigenvalue weighted by atomic mass is 10.1. The molecular formula is C19H14BrClN2O3. The average Bonchev–Trinajstić information content (AvgIpc) is 2.66. The Morgan fingerprint density at radius 2 is 1.69 bits per heavy atom. The second-order valence-electron chi connectivity index (χ2n) is 5.37. The molecule has 0 aliphatic heterocycles. The summed E-state index contributed by atoms with van der Waals surface area (Å²) >= 11 is 9.43. The van der Waals surface area contributed by atoms with Crippen molar-refractivity contribution in [3.05, 3.63) is 75.7 Å². The van der Waals surface area contributed by atoms with Crippen molar-refractivity contribution in [2.75, 3.05) is 6.61 Å². The molecule has 0 radical (unpaired) electrons. The number of rotatable bonds is 4. The minimum Gasteiger partial charge on any atom is -0.483 e. The Morgan fingerprint density at radius 3 is 2.50 bits per heavy atom. The van der Waals surface area contributed by atoms with E-state index in [9.17, 15) is 9.59 Å². The molecule has 2 N–H and O–H groups in total. The molecule has 3 aromatic rings. The van der Waals surface area contributed by atoms with Gasteiger partial charge in [-0.1, -0.05) is 54.1 Å². The Labute approximate surface area is 163 Å². The summed E-state index contributed by atoms with van der Waals surface area (Å²) in [5.74, 6) is -0.461. The van der Waals surface area contributed by atoms with E-state index in [1.165, 1.54) is 0 Å². The molecule has 0 aliphatic rings. The summed E-state index contributed by atoms with van der Waals surface area (Å²) < 4.78 is 6.30. The van der Waals surface area contributed by atoms with E-state index in [1.54, 1.807) is 30.3 Å². The highest BCUT2D eigenvalue weighted by Crippen LogP contribution is 2.32. The number of carbonyl (C=O) groups excluding carboxylic acids is 2. The zero-order chi connectivity index (χ0) is 18.5. The van der Waals surface area contributed by atoms with Crippen molar-refractivity contribution in [1.82, 2.24) is 10.9 Å². The number of nitrogens with one attached hydrogen (secondary N) is 2. The van der Waals surface area contributed by atoms with Crippen LogP contribution in [0.2, 0.25) is 5.02 Å². The predicted molar refractivity (Wildman–Crippen MR) is 104 cm³/mol. The van der Waals surface area contributed by atoms with Crippen LogP contribution < -0.4 is 15.6 Å². The van der Waals surface area contributed by atoms with Gasteiger partial charge in [0, 0.05) is 0 Å². The van der Waals surface area contributed by atoms with Crippen molar-refractivity contribution >= 4 is 50.1 Å². The van der Waals surface area contributed by atoms with Crippen LogP contribution in [0.25, 0.3) is 10.8 Å². The fourth-order valence-corrected chi connectivity index (χ4v) is 3.17. The molecule has 2 amide bonds. The zero-order valence-electron chi connectivity index (χ0n) is 13.5. The number of hydrogen-bond acceptors (Lipinski definition) is 3. The van der Waals surface area contributed by atoms with E-state index in [2.05, 4.69) is 26.8 Å². The summed E-state index contributed by atoms with van der Waals surface area (Å²) in [6.45, 7) is -0.250. The van der Waals surface area contributed by atoms with E-state index >= 15 is 0 Å². The molecule has 0 atom stereocenters. The van der Waals surface area contributed by atoms with Gasteiger partial charge in [0.15, 0.2) is 6.61 Å². The molecular weight excluding hydrogens is 420 g/mol. The van der Waals surface area contributed by atoms with E-state index in [4.69, 9.17) is 16.3 Å². The van der Waals surface area contributed by atoms with Gasteiger partial charge >= 0.3 is 0 Å². The second-order valence-corrected chi connectivity index (χ2v) is 6.57. The van der Waals surface area contributed by atoms with Gasteiger partial charge in [-0.15, -0.1) is 0 Å². The molecule has 0 aromatic heterocycles. The van der Waals surface area contributed by atoms with Gasteiger partial charge in [-0.25, -0.2) is 0 Å². The fraction of sp³-hybridized carbons (Fsp3) is 0.0526. The maximum atomic E-state index is 12.0. The normalized spacial score (nSPS) is 10.4. The van der Waals surface area contributed by atoms with Crippen molar-refractivity contribution in [3.8, 4) is 5.75 Å². The number of hydrogen-bond donors (Lipinski definition) is 2. The predicted octanol–water partition coefficient (Wildman–Crippen LogP) is 4.10. The SMILES string of the molecule is O=C(COc1ccc2ccccc2c1Br)NNC(=O)c1ccccc1Cl. The maximum absolute atomic E-state index is 12.0. The van der Waals surface area contributed by atoms with Crippen LogP contribution in [0.5, 0.6) is 5.75 Å². The lowest BCUT2D eigenvalue weighted by Gasteiger charge is -2.11. The van der Waals surface area contributed by atoms with E-state index in [0.717, 1.165) is 15.2 Å². The van der Waals surface area contributed by atoms with Gasteiger partial charge in [0.1, 0.15) is 5.75 Å². The molecule has 0 fully saturated rings. The molecule has 0 saturated carbocycles. The minimum absolute atomic E-state index is 0.250. The first-order valence-electron chi connectivity index (χ1n) is 7.70. The van der Waals surface area contributed by atoms with Crippen LogP contribution >= 0.6 is 27.5 Å². The maximum Gasteiger partial charge on any atom is 0.276 e. The molecule has 26 heavy (non-hydrogen) atoms. The molecule has 0 aliphatic carbocycles. The largest absolute Gasteiger partial charge is 0.483 e. The van der Waals surface area contributed by atoms with Gasteiger partial charge in [0.2, 0.25) is 0 Å². The summed E-state index contributed by atoms with van der Waals surface area (Å²) in [6, 6.07) is 18.1. The summed E-state index contributed by atoms with van der Waals surface area (Å²) in [5.41, 5.74) is 4.87. The van der Waals surface area contributed by atoms with Crippen molar-refractivity contribution < 1.29 is 14.3 Å². The smallest absolute Gasteiger partial charge is 0.276 e. The van der Waals surface area contributed by atoms with Crippen LogP contribution in [0.4, 0.5) is 0 Å².